The molecule has 0 saturated carbocycles. The highest BCUT2D eigenvalue weighted by Gasteiger charge is 2.26. The lowest BCUT2D eigenvalue weighted by molar-refractivity contribution is 0.0844. The normalized spacial score (nSPS) is 16.9. The first kappa shape index (κ1) is 23.1. The van der Waals surface area contributed by atoms with Gasteiger partial charge in [-0.25, -0.2) is 9.37 Å². The van der Waals surface area contributed by atoms with E-state index in [-0.39, 0.29) is 11.7 Å². The number of pyridine rings is 1. The second-order valence-corrected chi connectivity index (χ2v) is 9.06. The average molecular weight is 469 g/mol. The quantitative estimate of drug-likeness (QED) is 0.443. The molecule has 35 heavy (non-hydrogen) atoms. The molecule has 1 aliphatic rings. The molecule has 5 nitrogen and oxygen atoms in total. The van der Waals surface area contributed by atoms with Crippen LogP contribution in [0.1, 0.15) is 22.0 Å². The van der Waals surface area contributed by atoms with E-state index >= 15 is 0 Å². The number of carbonyl (C=O) groups excluding carboxylic acids is 1. The highest BCUT2D eigenvalue weighted by molar-refractivity contribution is 6.07. The van der Waals surface area contributed by atoms with Crippen LogP contribution in [0.3, 0.4) is 0 Å². The molecule has 1 atom stereocenters. The summed E-state index contributed by atoms with van der Waals surface area (Å²) in [6.45, 7) is 4.18. The largest absolute Gasteiger partial charge is 0.351 e. The molecule has 1 aromatic heterocycles. The number of aromatic nitrogens is 1. The van der Waals surface area contributed by atoms with E-state index < -0.39 is 0 Å². The van der Waals surface area contributed by atoms with Gasteiger partial charge in [0.15, 0.2) is 0 Å². The van der Waals surface area contributed by atoms with E-state index in [1.165, 1.54) is 17.7 Å². The Hall–Kier alpha value is -3.61. The predicted octanol–water partition coefficient (Wildman–Crippen LogP) is 4.76. The molecule has 0 bridgehead atoms. The number of piperazine rings is 1. The fraction of sp³-hybridized carbons (Fsp3) is 0.241. The average Bonchev–Trinajstić information content (AvgIpc) is 2.89. The third kappa shape index (κ3) is 5.24. The molecule has 1 fully saturated rings. The van der Waals surface area contributed by atoms with E-state index in [2.05, 4.69) is 51.4 Å². The van der Waals surface area contributed by atoms with Crippen molar-refractivity contribution < 1.29 is 9.18 Å². The van der Waals surface area contributed by atoms with Crippen LogP contribution in [0.25, 0.3) is 22.2 Å². The number of hydrogen-bond acceptors (Lipinski definition) is 4. The number of nitrogens with zero attached hydrogens (tertiary/aromatic N) is 3. The van der Waals surface area contributed by atoms with Gasteiger partial charge in [-0.05, 0) is 30.8 Å². The van der Waals surface area contributed by atoms with Crippen molar-refractivity contribution in [1.82, 2.24) is 20.1 Å². The number of rotatable bonds is 6. The van der Waals surface area contributed by atoms with E-state index in [1.54, 1.807) is 12.1 Å². The zero-order chi connectivity index (χ0) is 24.2. The Morgan fingerprint density at radius 1 is 1.00 bits per heavy atom. The van der Waals surface area contributed by atoms with Crippen LogP contribution in [0.15, 0.2) is 84.9 Å². The summed E-state index contributed by atoms with van der Waals surface area (Å²) in [6.07, 6.45) is 0. The molecular weight excluding hydrogens is 439 g/mol. The van der Waals surface area contributed by atoms with E-state index in [4.69, 9.17) is 0 Å². The zero-order valence-corrected chi connectivity index (χ0v) is 19.8. The fourth-order valence-electron chi connectivity index (χ4n) is 4.77. The molecule has 1 unspecified atom stereocenters. The first-order valence-corrected chi connectivity index (χ1v) is 12.0. The Bertz CT molecular complexity index is 1310. The van der Waals surface area contributed by atoms with Gasteiger partial charge in [-0.15, -0.1) is 0 Å². The van der Waals surface area contributed by atoms with Crippen LogP contribution in [0, 0.1) is 5.82 Å². The molecule has 5 rings (SSSR count). The molecule has 178 valence electrons. The monoisotopic (exact) mass is 468 g/mol. The van der Waals surface area contributed by atoms with E-state index in [0.29, 0.717) is 34.7 Å². The van der Waals surface area contributed by atoms with Crippen LogP contribution in [-0.4, -0.2) is 60.5 Å². The molecular formula is C29H29FN4O. The minimum atomic E-state index is -0.372. The summed E-state index contributed by atoms with van der Waals surface area (Å²) < 4.78 is 14.0. The van der Waals surface area contributed by atoms with Crippen molar-refractivity contribution in [2.45, 2.75) is 6.04 Å². The van der Waals surface area contributed by atoms with Crippen LogP contribution in [0.4, 0.5) is 4.39 Å². The molecule has 3 aromatic carbocycles. The van der Waals surface area contributed by atoms with Crippen molar-refractivity contribution in [1.29, 1.82) is 0 Å². The lowest BCUT2D eigenvalue weighted by Crippen LogP contribution is -2.49. The summed E-state index contributed by atoms with van der Waals surface area (Å²) in [4.78, 5) is 22.7. The molecule has 4 aromatic rings. The Labute approximate surface area is 205 Å². The molecule has 2 heterocycles. The van der Waals surface area contributed by atoms with Crippen LogP contribution in [0.2, 0.25) is 0 Å². The minimum Gasteiger partial charge on any atom is -0.351 e. The third-order valence-corrected chi connectivity index (χ3v) is 6.65. The van der Waals surface area contributed by atoms with Gasteiger partial charge >= 0.3 is 0 Å². The van der Waals surface area contributed by atoms with Gasteiger partial charge in [0.1, 0.15) is 5.82 Å². The number of likely N-dealkylation sites (N-methyl/N-ethyl adjacent to an activating group) is 1. The van der Waals surface area contributed by atoms with E-state index in [0.717, 1.165) is 31.7 Å². The van der Waals surface area contributed by atoms with Crippen LogP contribution >= 0.6 is 0 Å². The maximum absolute atomic E-state index is 14.0. The second kappa shape index (κ2) is 10.3. The van der Waals surface area contributed by atoms with Gasteiger partial charge in [0.25, 0.3) is 5.91 Å². The number of amides is 1. The Morgan fingerprint density at radius 2 is 1.74 bits per heavy atom. The first-order chi connectivity index (χ1) is 17.1. The minimum absolute atomic E-state index is 0.174. The van der Waals surface area contributed by atoms with Gasteiger partial charge in [-0.3, -0.25) is 9.69 Å². The molecule has 0 aliphatic carbocycles. The van der Waals surface area contributed by atoms with Crippen LogP contribution in [-0.2, 0) is 0 Å². The van der Waals surface area contributed by atoms with Crippen LogP contribution in [0.5, 0.6) is 0 Å². The summed E-state index contributed by atoms with van der Waals surface area (Å²) in [5, 5.41) is 3.74. The number of nitrogens with one attached hydrogen (secondary N) is 1. The van der Waals surface area contributed by atoms with Gasteiger partial charge in [-0.2, -0.15) is 0 Å². The zero-order valence-electron chi connectivity index (χ0n) is 19.8. The Kier molecular flexibility index (Phi) is 6.84. The van der Waals surface area contributed by atoms with Gasteiger partial charge < -0.3 is 10.2 Å². The number of fused-ring (bicyclic) bond motifs is 1. The summed E-state index contributed by atoms with van der Waals surface area (Å²) in [7, 11) is 2.15. The molecule has 0 radical (unpaired) electrons. The van der Waals surface area contributed by atoms with Crippen molar-refractivity contribution >= 4 is 16.8 Å². The second-order valence-electron chi connectivity index (χ2n) is 9.06. The third-order valence-electron chi connectivity index (χ3n) is 6.65. The maximum atomic E-state index is 14.0. The predicted molar refractivity (Wildman–Crippen MR) is 138 cm³/mol. The SMILES string of the molecule is CN1CCN(CCNC(=O)c2cc(-c3ccccc3)nc3cc(F)ccc23)C(c2ccccc2)C1. The van der Waals surface area contributed by atoms with Gasteiger partial charge in [-0.1, -0.05) is 60.7 Å². The maximum Gasteiger partial charge on any atom is 0.252 e. The molecule has 1 N–H and O–H groups in total. The van der Waals surface area contributed by atoms with Crippen molar-refractivity contribution in [3.8, 4) is 11.3 Å². The van der Waals surface area contributed by atoms with E-state index in [1.807, 2.05) is 36.4 Å². The summed E-state index contributed by atoms with van der Waals surface area (Å²) in [6, 6.07) is 26.7. The van der Waals surface area contributed by atoms with Gasteiger partial charge in [0.2, 0.25) is 0 Å². The van der Waals surface area contributed by atoms with Gasteiger partial charge in [0.05, 0.1) is 16.8 Å². The van der Waals surface area contributed by atoms with Crippen molar-refractivity contribution in [2.24, 2.45) is 0 Å². The summed E-state index contributed by atoms with van der Waals surface area (Å²) in [5.74, 6) is -0.546. The lowest BCUT2D eigenvalue weighted by Gasteiger charge is -2.40. The standard InChI is InChI=1S/C29H29FN4O/c1-33-16-17-34(28(20-33)22-10-6-3-7-11-22)15-14-31-29(35)25-19-26(21-8-4-2-5-9-21)32-27-18-23(30)12-13-24(25)27/h2-13,18-19,28H,14-17,20H2,1H3,(H,31,35). The molecule has 1 amide bonds. The number of benzene rings is 3. The van der Waals surface area contributed by atoms with Crippen LogP contribution < -0.4 is 5.32 Å². The molecule has 0 spiro atoms. The number of carbonyl (C=O) groups is 1. The molecule has 1 saturated heterocycles. The highest BCUT2D eigenvalue weighted by atomic mass is 19.1. The smallest absolute Gasteiger partial charge is 0.252 e. The highest BCUT2D eigenvalue weighted by Crippen LogP contribution is 2.26. The fourth-order valence-corrected chi connectivity index (χ4v) is 4.77. The number of hydrogen-bond donors (Lipinski definition) is 1. The topological polar surface area (TPSA) is 48.5 Å². The summed E-state index contributed by atoms with van der Waals surface area (Å²) >= 11 is 0. The van der Waals surface area contributed by atoms with Crippen molar-refractivity contribution in [3.63, 3.8) is 0 Å². The Balaban J connectivity index is 1.35. The summed E-state index contributed by atoms with van der Waals surface area (Å²) in [5.41, 5.74) is 3.81. The Morgan fingerprint density at radius 3 is 2.51 bits per heavy atom. The van der Waals surface area contributed by atoms with Crippen molar-refractivity contribution in [3.05, 3.63) is 102 Å². The lowest BCUT2D eigenvalue weighted by atomic mass is 10.0. The van der Waals surface area contributed by atoms with Gasteiger partial charge in [0, 0.05) is 55.8 Å². The van der Waals surface area contributed by atoms with E-state index in [9.17, 15) is 9.18 Å². The number of halogens is 1. The first-order valence-electron chi connectivity index (χ1n) is 12.0. The molecule has 1 aliphatic heterocycles. The van der Waals surface area contributed by atoms with Crippen molar-refractivity contribution in [2.75, 3.05) is 39.8 Å². The molecule has 6 heteroatoms.